The molecule has 0 saturated carbocycles. The fraction of sp³-hybridized carbons (Fsp3) is 0.0417. The summed E-state index contributed by atoms with van der Waals surface area (Å²) in [7, 11) is 0. The molecule has 4 N–H and O–H groups in total. The van der Waals surface area contributed by atoms with Crippen LogP contribution in [0.4, 0.5) is 23.0 Å². The first kappa shape index (κ1) is 19.1. The molecule has 2 aromatic heterocycles. The van der Waals surface area contributed by atoms with E-state index in [1.807, 2.05) is 54.6 Å². The molecule has 0 aliphatic carbocycles. The van der Waals surface area contributed by atoms with Crippen LogP contribution in [0.3, 0.4) is 0 Å². The van der Waals surface area contributed by atoms with Gasteiger partial charge < -0.3 is 15.8 Å². The molecule has 0 fully saturated rings. The highest BCUT2D eigenvalue weighted by molar-refractivity contribution is 8.00. The predicted octanol–water partition coefficient (Wildman–Crippen LogP) is 5.93. The zero-order chi connectivity index (χ0) is 21.2. The van der Waals surface area contributed by atoms with Crippen LogP contribution in [0.15, 0.2) is 83.9 Å². The molecule has 0 radical (unpaired) electrons. The lowest BCUT2D eigenvalue weighted by Gasteiger charge is -2.14. The van der Waals surface area contributed by atoms with Gasteiger partial charge in [0.25, 0.3) is 0 Å². The van der Waals surface area contributed by atoms with Gasteiger partial charge in [0.05, 0.1) is 22.2 Å². The van der Waals surface area contributed by atoms with E-state index in [0.717, 1.165) is 38.1 Å². The molecule has 2 heterocycles. The molecular formula is C24H20N6S. The largest absolute Gasteiger partial charge is 0.399 e. The molecule has 5 rings (SSSR count). The maximum Gasteiger partial charge on any atom is 0.180 e. The van der Waals surface area contributed by atoms with Crippen LogP contribution in [-0.4, -0.2) is 15.0 Å². The number of pyridine rings is 1. The van der Waals surface area contributed by atoms with Gasteiger partial charge in [-0.15, -0.1) is 0 Å². The van der Waals surface area contributed by atoms with Crippen molar-refractivity contribution in [3.05, 3.63) is 84.6 Å². The summed E-state index contributed by atoms with van der Waals surface area (Å²) in [5, 5.41) is 4.53. The fourth-order valence-corrected chi connectivity index (χ4v) is 4.11. The number of benzene rings is 3. The van der Waals surface area contributed by atoms with Crippen LogP contribution >= 0.6 is 11.9 Å². The van der Waals surface area contributed by atoms with E-state index < -0.39 is 0 Å². The normalized spacial score (nSPS) is 11.0. The van der Waals surface area contributed by atoms with Gasteiger partial charge in [-0.1, -0.05) is 24.3 Å². The van der Waals surface area contributed by atoms with E-state index in [2.05, 4.69) is 40.1 Å². The quantitative estimate of drug-likeness (QED) is 0.238. The van der Waals surface area contributed by atoms with Gasteiger partial charge in [-0.25, -0.2) is 9.97 Å². The zero-order valence-corrected chi connectivity index (χ0v) is 17.6. The molecule has 0 bridgehead atoms. The van der Waals surface area contributed by atoms with E-state index >= 15 is 0 Å². The van der Waals surface area contributed by atoms with Crippen molar-refractivity contribution in [2.24, 2.45) is 0 Å². The van der Waals surface area contributed by atoms with Gasteiger partial charge in [0.1, 0.15) is 0 Å². The molecule has 3 aromatic carbocycles. The van der Waals surface area contributed by atoms with E-state index in [1.165, 1.54) is 11.9 Å². The van der Waals surface area contributed by atoms with E-state index in [1.54, 1.807) is 6.20 Å². The highest BCUT2D eigenvalue weighted by atomic mass is 32.2. The molecule has 0 saturated heterocycles. The molecule has 152 valence electrons. The van der Waals surface area contributed by atoms with Crippen molar-refractivity contribution < 1.29 is 0 Å². The smallest absolute Gasteiger partial charge is 0.180 e. The number of nitrogens with one attached hydrogen (secondary N) is 2. The Kier molecular flexibility index (Phi) is 5.01. The van der Waals surface area contributed by atoms with Crippen molar-refractivity contribution in [3.8, 4) is 0 Å². The van der Waals surface area contributed by atoms with Crippen LogP contribution in [0, 0.1) is 6.92 Å². The maximum atomic E-state index is 5.91. The van der Waals surface area contributed by atoms with Gasteiger partial charge in [-0.3, -0.25) is 4.98 Å². The molecule has 0 unspecified atom stereocenters. The Morgan fingerprint density at radius 2 is 1.65 bits per heavy atom. The summed E-state index contributed by atoms with van der Waals surface area (Å²) in [6, 6.07) is 23.7. The van der Waals surface area contributed by atoms with Crippen LogP contribution in [-0.2, 0) is 0 Å². The van der Waals surface area contributed by atoms with Crippen LogP contribution in [0.1, 0.15) is 5.56 Å². The second kappa shape index (κ2) is 8.12. The number of nitrogens with zero attached hydrogens (tertiary/aromatic N) is 3. The minimum absolute atomic E-state index is 0.632. The van der Waals surface area contributed by atoms with Crippen LogP contribution in [0.5, 0.6) is 0 Å². The van der Waals surface area contributed by atoms with E-state index in [9.17, 15) is 0 Å². The van der Waals surface area contributed by atoms with Crippen molar-refractivity contribution in [2.75, 3.05) is 15.8 Å². The third kappa shape index (κ3) is 4.08. The molecule has 31 heavy (non-hydrogen) atoms. The Labute approximate surface area is 184 Å². The van der Waals surface area contributed by atoms with Gasteiger partial charge in [-0.2, -0.15) is 0 Å². The summed E-state index contributed by atoms with van der Waals surface area (Å²) in [6.07, 6.45) is 1.80. The topological polar surface area (TPSA) is 88.8 Å². The predicted molar refractivity (Wildman–Crippen MR) is 130 cm³/mol. The summed E-state index contributed by atoms with van der Waals surface area (Å²) >= 11 is 1.44. The first-order valence-corrected chi connectivity index (χ1v) is 10.6. The summed E-state index contributed by atoms with van der Waals surface area (Å²) in [5.41, 5.74) is 11.2. The third-order valence-corrected chi connectivity index (χ3v) is 5.58. The van der Waals surface area contributed by atoms with Crippen LogP contribution in [0.25, 0.3) is 21.9 Å². The molecule has 0 aliphatic rings. The van der Waals surface area contributed by atoms with Crippen molar-refractivity contribution in [1.82, 2.24) is 15.0 Å². The second-order valence-electron chi connectivity index (χ2n) is 7.20. The maximum absolute atomic E-state index is 5.91. The number of aryl methyl sites for hydroxylation is 1. The van der Waals surface area contributed by atoms with E-state index in [0.29, 0.717) is 17.3 Å². The molecule has 0 atom stereocenters. The van der Waals surface area contributed by atoms with Crippen molar-refractivity contribution in [1.29, 1.82) is 0 Å². The van der Waals surface area contributed by atoms with Gasteiger partial charge >= 0.3 is 0 Å². The molecule has 0 spiro atoms. The Hall–Kier alpha value is -3.84. The SMILES string of the molecule is Cc1cc(Nc2nc3ccccc3nc2NSc2cccc(N)c2)c2ncccc2c1. The van der Waals surface area contributed by atoms with E-state index in [-0.39, 0.29) is 0 Å². The minimum atomic E-state index is 0.632. The van der Waals surface area contributed by atoms with Crippen molar-refractivity contribution in [2.45, 2.75) is 11.8 Å². The number of hydrogen-bond donors (Lipinski definition) is 3. The highest BCUT2D eigenvalue weighted by Crippen LogP contribution is 2.32. The molecular weight excluding hydrogens is 404 g/mol. The van der Waals surface area contributed by atoms with Gasteiger partial charge in [0.2, 0.25) is 0 Å². The number of anilines is 4. The van der Waals surface area contributed by atoms with Gasteiger partial charge in [-0.05, 0) is 73.0 Å². The number of rotatable bonds is 5. The summed E-state index contributed by atoms with van der Waals surface area (Å²) in [6.45, 7) is 2.07. The summed E-state index contributed by atoms with van der Waals surface area (Å²) in [4.78, 5) is 15.2. The molecule has 0 amide bonds. The Morgan fingerprint density at radius 3 is 2.45 bits per heavy atom. The van der Waals surface area contributed by atoms with Crippen LogP contribution in [0.2, 0.25) is 0 Å². The monoisotopic (exact) mass is 424 g/mol. The number of hydrogen-bond acceptors (Lipinski definition) is 7. The lowest BCUT2D eigenvalue weighted by molar-refractivity contribution is 1.28. The molecule has 5 aromatic rings. The molecule has 7 heteroatoms. The lowest BCUT2D eigenvalue weighted by Crippen LogP contribution is -2.03. The highest BCUT2D eigenvalue weighted by Gasteiger charge is 2.12. The standard InChI is InChI=1S/C24H20N6S/c1-15-12-16-6-5-11-26-22(16)21(13-15)29-23-24(28-20-10-3-2-9-19(20)27-23)30-31-18-8-4-7-17(25)14-18/h2-14H,25H2,1H3,(H,27,29)(H,28,30). The lowest BCUT2D eigenvalue weighted by atomic mass is 10.1. The zero-order valence-electron chi connectivity index (χ0n) is 16.8. The minimum Gasteiger partial charge on any atom is -0.399 e. The average Bonchev–Trinajstić information content (AvgIpc) is 2.77. The number of aromatic nitrogens is 3. The molecule has 6 nitrogen and oxygen atoms in total. The van der Waals surface area contributed by atoms with Gasteiger partial charge in [0.15, 0.2) is 11.6 Å². The Morgan fingerprint density at radius 1 is 0.839 bits per heavy atom. The molecule has 0 aliphatic heterocycles. The summed E-state index contributed by atoms with van der Waals surface area (Å²) < 4.78 is 3.34. The average molecular weight is 425 g/mol. The number of fused-ring (bicyclic) bond motifs is 2. The first-order valence-electron chi connectivity index (χ1n) is 9.83. The summed E-state index contributed by atoms with van der Waals surface area (Å²) in [5.74, 6) is 1.27. The number of nitrogen functional groups attached to an aromatic ring is 1. The Bertz CT molecular complexity index is 1400. The fourth-order valence-electron chi connectivity index (χ4n) is 3.41. The number of para-hydroxylation sites is 2. The van der Waals surface area contributed by atoms with Crippen LogP contribution < -0.4 is 15.8 Å². The van der Waals surface area contributed by atoms with E-state index in [4.69, 9.17) is 15.7 Å². The van der Waals surface area contributed by atoms with Crippen molar-refractivity contribution in [3.63, 3.8) is 0 Å². The van der Waals surface area contributed by atoms with Crippen molar-refractivity contribution >= 4 is 56.9 Å². The van der Waals surface area contributed by atoms with Gasteiger partial charge in [0, 0.05) is 22.2 Å². The number of nitrogens with two attached hydrogens (primary N) is 1. The first-order chi connectivity index (χ1) is 15.2. The second-order valence-corrected chi connectivity index (χ2v) is 8.08. The third-order valence-electron chi connectivity index (χ3n) is 4.80. The Balaban J connectivity index is 1.56.